The molecule has 0 aliphatic carbocycles. The Labute approximate surface area is 147 Å². The summed E-state index contributed by atoms with van der Waals surface area (Å²) in [7, 11) is -1.29. The van der Waals surface area contributed by atoms with Crippen molar-refractivity contribution in [1.29, 1.82) is 0 Å². The van der Waals surface area contributed by atoms with Crippen molar-refractivity contribution in [2.45, 2.75) is 62.0 Å². The van der Waals surface area contributed by atoms with Crippen molar-refractivity contribution < 1.29 is 13.2 Å². The minimum absolute atomic E-state index is 0.0481. The third-order valence-corrected chi connectivity index (χ3v) is 7.63. The summed E-state index contributed by atoms with van der Waals surface area (Å²) in [6.45, 7) is 2.76. The number of hydrogen-bond donors (Lipinski definition) is 0. The zero-order chi connectivity index (χ0) is 17.3. The van der Waals surface area contributed by atoms with Gasteiger partial charge in [-0.25, -0.2) is 8.42 Å². The Morgan fingerprint density at radius 1 is 1.33 bits per heavy atom. The minimum atomic E-state index is -2.99. The number of nitrogens with zero attached hydrogens (tertiary/aromatic N) is 4. The molecule has 3 heterocycles. The van der Waals surface area contributed by atoms with Gasteiger partial charge in [-0.2, -0.15) is 0 Å². The fraction of sp³-hybridized carbons (Fsp3) is 0.800. The van der Waals surface area contributed by atoms with Gasteiger partial charge in [0.1, 0.15) is 5.82 Å². The predicted octanol–water partition coefficient (Wildman–Crippen LogP) is 1.13. The summed E-state index contributed by atoms with van der Waals surface area (Å²) < 4.78 is 25.4. The summed E-state index contributed by atoms with van der Waals surface area (Å²) in [6, 6.07) is -0.207. The molecule has 0 aromatic carbocycles. The van der Waals surface area contributed by atoms with Crippen LogP contribution in [0.1, 0.15) is 38.4 Å². The van der Waals surface area contributed by atoms with Crippen LogP contribution in [0.4, 0.5) is 0 Å². The lowest BCUT2D eigenvalue weighted by molar-refractivity contribution is -0.130. The SMILES string of the molecule is C[C@H](Sc1nnc2n1CCCCC2)C(=O)N(C)[C@H]1CCS(=O)(=O)C1. The molecule has 0 radical (unpaired) electrons. The van der Waals surface area contributed by atoms with E-state index in [-0.39, 0.29) is 28.7 Å². The molecule has 2 aliphatic rings. The normalized spacial score (nSPS) is 24.2. The molecule has 1 aromatic heterocycles. The summed E-state index contributed by atoms with van der Waals surface area (Å²) in [6.07, 6.45) is 4.91. The monoisotopic (exact) mass is 372 g/mol. The third-order valence-electron chi connectivity index (χ3n) is 4.81. The fourth-order valence-electron chi connectivity index (χ4n) is 3.30. The van der Waals surface area contributed by atoms with Crippen LogP contribution in [0.25, 0.3) is 0 Å². The summed E-state index contributed by atoms with van der Waals surface area (Å²) in [5, 5.41) is 8.99. The number of carbonyl (C=O) groups excluding carboxylic acids is 1. The summed E-state index contributed by atoms with van der Waals surface area (Å²) in [5.41, 5.74) is 0. The van der Waals surface area contributed by atoms with Gasteiger partial charge in [-0.15, -0.1) is 10.2 Å². The van der Waals surface area contributed by atoms with Gasteiger partial charge in [0.25, 0.3) is 0 Å². The van der Waals surface area contributed by atoms with E-state index in [2.05, 4.69) is 14.8 Å². The molecule has 0 N–H and O–H groups in total. The lowest BCUT2D eigenvalue weighted by Gasteiger charge is -2.26. The number of hydrogen-bond acceptors (Lipinski definition) is 6. The first-order chi connectivity index (χ1) is 11.4. The van der Waals surface area contributed by atoms with Crippen molar-refractivity contribution in [2.75, 3.05) is 18.6 Å². The first kappa shape index (κ1) is 17.7. The highest BCUT2D eigenvalue weighted by molar-refractivity contribution is 8.00. The summed E-state index contributed by atoms with van der Waals surface area (Å²) in [5.74, 6) is 1.21. The Hall–Kier alpha value is -1.09. The van der Waals surface area contributed by atoms with Gasteiger partial charge >= 0.3 is 0 Å². The van der Waals surface area contributed by atoms with Crippen LogP contribution < -0.4 is 0 Å². The van der Waals surface area contributed by atoms with Crippen molar-refractivity contribution in [3.63, 3.8) is 0 Å². The van der Waals surface area contributed by atoms with E-state index in [1.54, 1.807) is 11.9 Å². The summed E-state index contributed by atoms with van der Waals surface area (Å²) >= 11 is 1.42. The van der Waals surface area contributed by atoms with E-state index in [1.165, 1.54) is 18.2 Å². The largest absolute Gasteiger partial charge is 0.341 e. The van der Waals surface area contributed by atoms with Crippen molar-refractivity contribution in [3.05, 3.63) is 5.82 Å². The molecule has 2 aliphatic heterocycles. The molecular weight excluding hydrogens is 348 g/mol. The molecule has 134 valence electrons. The quantitative estimate of drug-likeness (QED) is 0.737. The smallest absolute Gasteiger partial charge is 0.235 e. The highest BCUT2D eigenvalue weighted by atomic mass is 32.2. The average Bonchev–Trinajstić information content (AvgIpc) is 3.00. The van der Waals surface area contributed by atoms with Crippen molar-refractivity contribution in [3.8, 4) is 0 Å². The van der Waals surface area contributed by atoms with Crippen LogP contribution in [-0.4, -0.2) is 63.8 Å². The number of amides is 1. The van der Waals surface area contributed by atoms with E-state index >= 15 is 0 Å². The molecule has 1 fully saturated rings. The number of carbonyl (C=O) groups is 1. The number of rotatable bonds is 4. The molecule has 0 spiro atoms. The number of sulfone groups is 1. The van der Waals surface area contributed by atoms with Crippen LogP contribution in [0.5, 0.6) is 0 Å². The second-order valence-electron chi connectivity index (χ2n) is 6.63. The molecule has 24 heavy (non-hydrogen) atoms. The maximum atomic E-state index is 12.7. The topological polar surface area (TPSA) is 85.2 Å². The van der Waals surface area contributed by atoms with E-state index in [0.29, 0.717) is 6.42 Å². The van der Waals surface area contributed by atoms with Gasteiger partial charge in [-0.1, -0.05) is 18.2 Å². The maximum absolute atomic E-state index is 12.7. The highest BCUT2D eigenvalue weighted by Gasteiger charge is 2.34. The Morgan fingerprint density at radius 3 is 2.83 bits per heavy atom. The minimum Gasteiger partial charge on any atom is -0.341 e. The van der Waals surface area contributed by atoms with Gasteiger partial charge in [-0.05, 0) is 26.2 Å². The van der Waals surface area contributed by atoms with Gasteiger partial charge in [0.2, 0.25) is 5.91 Å². The van der Waals surface area contributed by atoms with E-state index in [4.69, 9.17) is 0 Å². The number of aryl methyl sites for hydroxylation is 1. The summed E-state index contributed by atoms with van der Waals surface area (Å²) in [4.78, 5) is 14.3. The molecular formula is C15H24N4O3S2. The second-order valence-corrected chi connectivity index (χ2v) is 10.2. The molecule has 9 heteroatoms. The van der Waals surface area contributed by atoms with Gasteiger partial charge in [-0.3, -0.25) is 4.79 Å². The Balaban J connectivity index is 1.65. The Bertz CT molecular complexity index is 716. The Kier molecular flexibility index (Phi) is 5.19. The van der Waals surface area contributed by atoms with Crippen LogP contribution in [-0.2, 0) is 27.6 Å². The van der Waals surface area contributed by atoms with Crippen LogP contribution >= 0.6 is 11.8 Å². The van der Waals surface area contributed by atoms with Crippen molar-refractivity contribution in [2.24, 2.45) is 0 Å². The van der Waals surface area contributed by atoms with Crippen LogP contribution in [0, 0.1) is 0 Å². The van der Waals surface area contributed by atoms with Crippen LogP contribution in [0.2, 0.25) is 0 Å². The molecule has 0 unspecified atom stereocenters. The van der Waals surface area contributed by atoms with E-state index in [0.717, 1.165) is 36.8 Å². The lowest BCUT2D eigenvalue weighted by Crippen LogP contribution is -2.41. The molecule has 1 aromatic rings. The Morgan fingerprint density at radius 2 is 2.12 bits per heavy atom. The molecule has 0 bridgehead atoms. The fourth-order valence-corrected chi connectivity index (χ4v) is 6.07. The van der Waals surface area contributed by atoms with Crippen LogP contribution in [0.15, 0.2) is 5.16 Å². The van der Waals surface area contributed by atoms with Gasteiger partial charge in [0.05, 0.1) is 16.8 Å². The highest BCUT2D eigenvalue weighted by Crippen LogP contribution is 2.27. The van der Waals surface area contributed by atoms with Crippen molar-refractivity contribution >= 4 is 27.5 Å². The number of aromatic nitrogens is 3. The predicted molar refractivity (Wildman–Crippen MR) is 92.7 cm³/mol. The molecule has 2 atom stereocenters. The first-order valence-electron chi connectivity index (χ1n) is 8.43. The van der Waals surface area contributed by atoms with Crippen molar-refractivity contribution in [1.82, 2.24) is 19.7 Å². The molecule has 1 saturated heterocycles. The van der Waals surface area contributed by atoms with Gasteiger partial charge < -0.3 is 9.47 Å². The molecule has 7 nitrogen and oxygen atoms in total. The third kappa shape index (κ3) is 3.77. The average molecular weight is 373 g/mol. The zero-order valence-corrected chi connectivity index (χ0v) is 15.8. The lowest BCUT2D eigenvalue weighted by atomic mass is 10.2. The molecule has 3 rings (SSSR count). The molecule has 1 amide bonds. The van der Waals surface area contributed by atoms with Gasteiger partial charge in [0, 0.05) is 26.1 Å². The number of thioether (sulfide) groups is 1. The molecule has 0 saturated carbocycles. The zero-order valence-electron chi connectivity index (χ0n) is 14.1. The van der Waals surface area contributed by atoms with Gasteiger partial charge in [0.15, 0.2) is 15.0 Å². The van der Waals surface area contributed by atoms with E-state index < -0.39 is 9.84 Å². The van der Waals surface area contributed by atoms with Crippen LogP contribution in [0.3, 0.4) is 0 Å². The van der Waals surface area contributed by atoms with E-state index in [1.807, 2.05) is 6.92 Å². The van der Waals surface area contributed by atoms with E-state index in [9.17, 15) is 13.2 Å². The first-order valence-corrected chi connectivity index (χ1v) is 11.1. The number of fused-ring (bicyclic) bond motifs is 1. The standard InChI is InChI=1S/C15H24N4O3S2/c1-11(14(20)18(2)12-7-9-24(21,22)10-12)23-15-17-16-13-6-4-3-5-8-19(13)15/h11-12H,3-10H2,1-2H3/t11-,12-/m0/s1. The second kappa shape index (κ2) is 7.03. The maximum Gasteiger partial charge on any atom is 0.235 e.